The third-order valence-electron chi connectivity index (χ3n) is 2.41. The lowest BCUT2D eigenvalue weighted by Crippen LogP contribution is -1.78. The van der Waals surface area contributed by atoms with Crippen molar-refractivity contribution in [1.82, 2.24) is 10.2 Å². The summed E-state index contributed by atoms with van der Waals surface area (Å²) in [5.74, 6) is 1.06. The molecule has 0 radical (unpaired) electrons. The van der Waals surface area contributed by atoms with Crippen molar-refractivity contribution < 1.29 is 4.42 Å². The van der Waals surface area contributed by atoms with Crippen molar-refractivity contribution in [3.63, 3.8) is 0 Å². The summed E-state index contributed by atoms with van der Waals surface area (Å²) < 4.78 is 5.66. The lowest BCUT2D eigenvalue weighted by molar-refractivity contribution is 0.556. The summed E-state index contributed by atoms with van der Waals surface area (Å²) in [6.45, 7) is 7.66. The van der Waals surface area contributed by atoms with Crippen molar-refractivity contribution in [3.8, 4) is 11.5 Å². The first kappa shape index (κ1) is 12.6. The minimum atomic E-state index is 0.526. The monoisotopic (exact) mass is 258 g/mol. The molecule has 18 heavy (non-hydrogen) atoms. The van der Waals surface area contributed by atoms with E-state index in [1.807, 2.05) is 44.2 Å². The smallest absolute Gasteiger partial charge is 0.254 e. The molecule has 3 nitrogen and oxygen atoms in total. The molecule has 0 spiro atoms. The second-order valence-corrected chi connectivity index (χ2v) is 4.72. The molecular formula is C14H14N2OS. The van der Waals surface area contributed by atoms with Gasteiger partial charge in [-0.3, -0.25) is 0 Å². The van der Waals surface area contributed by atoms with Crippen LogP contribution in [0.5, 0.6) is 0 Å². The van der Waals surface area contributed by atoms with Crippen molar-refractivity contribution >= 4 is 16.7 Å². The Labute approximate surface area is 111 Å². The quantitative estimate of drug-likeness (QED) is 0.820. The van der Waals surface area contributed by atoms with E-state index >= 15 is 0 Å². The fourth-order valence-electron chi connectivity index (χ4n) is 1.47. The number of nitrogens with zero attached hydrogens (tertiary/aromatic N) is 2. The van der Waals surface area contributed by atoms with E-state index in [0.29, 0.717) is 11.8 Å². The Hall–Kier alpha value is -1.81. The number of hydrogen-bond acceptors (Lipinski definition) is 4. The zero-order chi connectivity index (χ0) is 13.0. The normalized spacial score (nSPS) is 11.6. The third kappa shape index (κ3) is 2.71. The van der Waals surface area contributed by atoms with Gasteiger partial charge in [0, 0.05) is 5.56 Å². The Bertz CT molecular complexity index is 570. The van der Waals surface area contributed by atoms with Gasteiger partial charge in [0.1, 0.15) is 0 Å². The van der Waals surface area contributed by atoms with Crippen LogP contribution in [0.1, 0.15) is 18.4 Å². The molecule has 1 aromatic carbocycles. The molecule has 0 fully saturated rings. The number of aromatic nitrogens is 2. The molecule has 0 unspecified atom stereocenters. The second kappa shape index (κ2) is 5.69. The van der Waals surface area contributed by atoms with E-state index in [2.05, 4.69) is 16.8 Å². The van der Waals surface area contributed by atoms with Crippen LogP contribution in [0.4, 0.5) is 0 Å². The van der Waals surface area contributed by atoms with E-state index < -0.39 is 0 Å². The third-order valence-corrected chi connectivity index (χ3v) is 3.24. The summed E-state index contributed by atoms with van der Waals surface area (Å²) >= 11 is 1.47. The highest BCUT2D eigenvalue weighted by atomic mass is 32.2. The molecule has 0 N–H and O–H groups in total. The maximum atomic E-state index is 5.66. The van der Waals surface area contributed by atoms with Gasteiger partial charge in [-0.1, -0.05) is 42.1 Å². The van der Waals surface area contributed by atoms with Crippen LogP contribution in [0.3, 0.4) is 0 Å². The van der Waals surface area contributed by atoms with Gasteiger partial charge < -0.3 is 4.42 Å². The topological polar surface area (TPSA) is 38.9 Å². The van der Waals surface area contributed by atoms with Crippen molar-refractivity contribution in [2.75, 3.05) is 0 Å². The Kier molecular flexibility index (Phi) is 3.99. The molecule has 0 atom stereocenters. The summed E-state index contributed by atoms with van der Waals surface area (Å²) in [7, 11) is 0. The van der Waals surface area contributed by atoms with Crippen molar-refractivity contribution in [3.05, 3.63) is 53.8 Å². The number of rotatable bonds is 4. The molecule has 0 aliphatic carbocycles. The molecule has 1 aromatic heterocycles. The average Bonchev–Trinajstić information content (AvgIpc) is 2.86. The van der Waals surface area contributed by atoms with Gasteiger partial charge in [-0.25, -0.2) is 0 Å². The largest absolute Gasteiger partial charge is 0.416 e. The summed E-state index contributed by atoms with van der Waals surface area (Å²) in [4.78, 5) is 0.913. The molecule has 0 bridgehead atoms. The number of hydrogen-bond donors (Lipinski definition) is 0. The number of thioether (sulfide) groups is 1. The van der Waals surface area contributed by atoms with E-state index in [1.54, 1.807) is 5.41 Å². The highest BCUT2D eigenvalue weighted by molar-refractivity contribution is 8.10. The first-order valence-corrected chi connectivity index (χ1v) is 6.47. The van der Waals surface area contributed by atoms with Crippen LogP contribution in [0, 0.1) is 6.92 Å². The lowest BCUT2D eigenvalue weighted by atomic mass is 10.1. The summed E-state index contributed by atoms with van der Waals surface area (Å²) in [6, 6.07) is 7.99. The Morgan fingerprint density at radius 2 is 2.00 bits per heavy atom. The molecule has 2 rings (SSSR count). The Morgan fingerprint density at radius 1 is 1.28 bits per heavy atom. The van der Waals surface area contributed by atoms with Crippen molar-refractivity contribution in [1.29, 1.82) is 0 Å². The molecule has 0 amide bonds. The van der Waals surface area contributed by atoms with Gasteiger partial charge in [0.2, 0.25) is 5.89 Å². The van der Waals surface area contributed by atoms with Crippen LogP contribution in [0.15, 0.2) is 46.7 Å². The van der Waals surface area contributed by atoms with Gasteiger partial charge in [-0.2, -0.15) is 0 Å². The Balaban J connectivity index is 2.30. The molecule has 0 saturated heterocycles. The van der Waals surface area contributed by atoms with Crippen molar-refractivity contribution in [2.45, 2.75) is 13.8 Å². The van der Waals surface area contributed by atoms with Gasteiger partial charge in [0.25, 0.3) is 5.89 Å². The predicted octanol–water partition coefficient (Wildman–Crippen LogP) is 4.28. The van der Waals surface area contributed by atoms with E-state index in [-0.39, 0.29) is 0 Å². The SMILES string of the molecule is C=CS/C(=C\C)c1nnc(-c2ccc(C)cc2)o1. The van der Waals surface area contributed by atoms with E-state index in [4.69, 9.17) is 4.42 Å². The number of allylic oxidation sites excluding steroid dienone is 1. The second-order valence-electron chi connectivity index (χ2n) is 3.72. The molecule has 4 heteroatoms. The number of benzene rings is 1. The first-order valence-electron chi connectivity index (χ1n) is 5.59. The van der Waals surface area contributed by atoms with E-state index in [0.717, 1.165) is 10.5 Å². The van der Waals surface area contributed by atoms with E-state index in [1.165, 1.54) is 17.3 Å². The highest BCUT2D eigenvalue weighted by Crippen LogP contribution is 2.29. The summed E-state index contributed by atoms with van der Waals surface area (Å²) in [5, 5.41) is 9.85. The minimum Gasteiger partial charge on any atom is -0.416 e. The fourth-order valence-corrected chi connectivity index (χ4v) is 1.97. The van der Waals surface area contributed by atoms with Crippen molar-refractivity contribution in [2.24, 2.45) is 0 Å². The summed E-state index contributed by atoms with van der Waals surface area (Å²) in [6.07, 6.45) is 1.93. The fraction of sp³-hybridized carbons (Fsp3) is 0.143. The predicted molar refractivity (Wildman–Crippen MR) is 75.9 cm³/mol. The van der Waals surface area contributed by atoms with E-state index in [9.17, 15) is 0 Å². The van der Waals surface area contributed by atoms with Crippen LogP contribution in [0.25, 0.3) is 16.4 Å². The first-order chi connectivity index (χ1) is 8.74. The molecule has 0 saturated carbocycles. The maximum absolute atomic E-state index is 5.66. The molecule has 92 valence electrons. The van der Waals surface area contributed by atoms with Crippen LogP contribution < -0.4 is 0 Å². The maximum Gasteiger partial charge on any atom is 0.254 e. The minimum absolute atomic E-state index is 0.526. The van der Waals surface area contributed by atoms with Gasteiger partial charge in [-0.05, 0) is 31.4 Å². The van der Waals surface area contributed by atoms with Gasteiger partial charge in [0.05, 0.1) is 4.91 Å². The molecular weight excluding hydrogens is 244 g/mol. The molecule has 2 aromatic rings. The lowest BCUT2D eigenvalue weighted by Gasteiger charge is -1.97. The van der Waals surface area contributed by atoms with Gasteiger partial charge >= 0.3 is 0 Å². The molecule has 0 aliphatic heterocycles. The van der Waals surface area contributed by atoms with Crippen LogP contribution >= 0.6 is 11.8 Å². The zero-order valence-electron chi connectivity index (χ0n) is 10.4. The van der Waals surface area contributed by atoms with Gasteiger partial charge in [-0.15, -0.1) is 10.2 Å². The summed E-state index contributed by atoms with van der Waals surface area (Å²) in [5.41, 5.74) is 2.13. The standard InChI is InChI=1S/C14H14N2OS/c1-4-12(18-5-2)14-16-15-13(17-14)11-8-6-10(3)7-9-11/h4-9H,2H2,1,3H3/b12-4-. The van der Waals surface area contributed by atoms with Crippen LogP contribution in [-0.4, -0.2) is 10.2 Å². The molecule has 1 heterocycles. The van der Waals surface area contributed by atoms with Crippen LogP contribution in [-0.2, 0) is 0 Å². The average molecular weight is 258 g/mol. The molecule has 0 aliphatic rings. The Morgan fingerprint density at radius 3 is 2.61 bits per heavy atom. The van der Waals surface area contributed by atoms with Gasteiger partial charge in [0.15, 0.2) is 0 Å². The highest BCUT2D eigenvalue weighted by Gasteiger charge is 2.11. The van der Waals surface area contributed by atoms with Crippen LogP contribution in [0.2, 0.25) is 0 Å². The number of aryl methyl sites for hydroxylation is 1. The zero-order valence-corrected chi connectivity index (χ0v) is 11.2.